The summed E-state index contributed by atoms with van der Waals surface area (Å²) in [7, 11) is -3.53. The van der Waals surface area contributed by atoms with Gasteiger partial charge < -0.3 is 5.73 Å². The number of aromatic nitrogens is 1. The number of sulfonamides is 1. The van der Waals surface area contributed by atoms with Crippen LogP contribution < -0.4 is 10.5 Å². The van der Waals surface area contributed by atoms with Crippen LogP contribution in [-0.4, -0.2) is 13.4 Å². The topological polar surface area (TPSA) is 85.1 Å². The van der Waals surface area contributed by atoms with Crippen LogP contribution in [0.5, 0.6) is 0 Å². The number of nitrogen functional groups attached to an aromatic ring is 1. The lowest BCUT2D eigenvalue weighted by atomic mass is 10.2. The molecule has 2 rings (SSSR count). The summed E-state index contributed by atoms with van der Waals surface area (Å²) in [6.45, 7) is 1.74. The average molecular weight is 356 g/mol. The summed E-state index contributed by atoms with van der Waals surface area (Å²) in [6, 6.07) is 10.2. The van der Waals surface area contributed by atoms with Gasteiger partial charge in [-0.3, -0.25) is 4.72 Å². The Labute approximate surface area is 126 Å². The van der Waals surface area contributed by atoms with E-state index in [1.54, 1.807) is 43.3 Å². The summed E-state index contributed by atoms with van der Waals surface area (Å²) in [6.07, 6.45) is 0. The van der Waals surface area contributed by atoms with Gasteiger partial charge in [0.2, 0.25) is 10.0 Å². The second kappa shape index (κ2) is 5.80. The summed E-state index contributed by atoms with van der Waals surface area (Å²) in [5.74, 6) is -0.171. The van der Waals surface area contributed by atoms with E-state index < -0.39 is 10.0 Å². The van der Waals surface area contributed by atoms with Gasteiger partial charge in [-0.05, 0) is 46.6 Å². The molecule has 106 valence electrons. The van der Waals surface area contributed by atoms with Crippen molar-refractivity contribution in [3.05, 3.63) is 52.3 Å². The van der Waals surface area contributed by atoms with E-state index in [1.165, 1.54) is 0 Å². The molecule has 7 heteroatoms. The van der Waals surface area contributed by atoms with E-state index in [-0.39, 0.29) is 5.75 Å². The number of nitrogens with one attached hydrogen (secondary N) is 1. The van der Waals surface area contributed by atoms with Crippen molar-refractivity contribution in [1.82, 2.24) is 4.98 Å². The molecule has 5 nitrogen and oxygen atoms in total. The molecular formula is C13H14BrN3O2S. The molecule has 0 aliphatic heterocycles. The number of hydrogen-bond donors (Lipinski definition) is 2. The maximum absolute atomic E-state index is 12.2. The highest BCUT2D eigenvalue weighted by atomic mass is 79.9. The summed E-state index contributed by atoms with van der Waals surface area (Å²) >= 11 is 3.23. The highest BCUT2D eigenvalue weighted by Crippen LogP contribution is 2.20. The molecule has 0 bridgehead atoms. The Morgan fingerprint density at radius 2 is 1.95 bits per heavy atom. The van der Waals surface area contributed by atoms with Crippen molar-refractivity contribution in [2.45, 2.75) is 12.7 Å². The maximum Gasteiger partial charge on any atom is 0.237 e. The third-order valence-electron chi connectivity index (χ3n) is 2.72. The molecule has 0 saturated heterocycles. The first-order valence-corrected chi connectivity index (χ1v) is 8.29. The normalized spacial score (nSPS) is 11.3. The fraction of sp³-hybridized carbons (Fsp3) is 0.154. The Balaban J connectivity index is 2.22. The first kappa shape index (κ1) is 14.8. The Kier molecular flexibility index (Phi) is 4.29. The Morgan fingerprint density at radius 3 is 2.60 bits per heavy atom. The number of aryl methyl sites for hydroxylation is 1. The molecule has 0 amide bonds. The SMILES string of the molecule is Cc1nc(Br)ccc1NS(=O)(=O)Cc1ccccc1N. The molecule has 1 aromatic carbocycles. The van der Waals surface area contributed by atoms with Gasteiger partial charge in [0.1, 0.15) is 4.60 Å². The number of nitrogens with two attached hydrogens (primary N) is 1. The smallest absolute Gasteiger partial charge is 0.237 e. The zero-order valence-electron chi connectivity index (χ0n) is 10.8. The van der Waals surface area contributed by atoms with Crippen LogP contribution in [0.15, 0.2) is 41.0 Å². The van der Waals surface area contributed by atoms with Crippen molar-refractivity contribution in [3.8, 4) is 0 Å². The van der Waals surface area contributed by atoms with Crippen LogP contribution in [0, 0.1) is 6.92 Å². The fourth-order valence-corrected chi connectivity index (χ4v) is 3.41. The van der Waals surface area contributed by atoms with Gasteiger partial charge in [0.05, 0.1) is 17.1 Å². The Morgan fingerprint density at radius 1 is 1.25 bits per heavy atom. The van der Waals surface area contributed by atoms with Crippen LogP contribution in [0.2, 0.25) is 0 Å². The third kappa shape index (κ3) is 3.71. The van der Waals surface area contributed by atoms with E-state index in [0.29, 0.717) is 27.2 Å². The molecule has 20 heavy (non-hydrogen) atoms. The number of halogens is 1. The van der Waals surface area contributed by atoms with Crippen molar-refractivity contribution in [1.29, 1.82) is 0 Å². The van der Waals surface area contributed by atoms with Gasteiger partial charge in [-0.25, -0.2) is 13.4 Å². The number of pyridine rings is 1. The van der Waals surface area contributed by atoms with E-state index in [4.69, 9.17) is 5.73 Å². The molecule has 2 aromatic rings. The van der Waals surface area contributed by atoms with Crippen LogP contribution in [-0.2, 0) is 15.8 Å². The molecule has 0 aliphatic carbocycles. The van der Waals surface area contributed by atoms with Gasteiger partial charge in [0.15, 0.2) is 0 Å². The molecule has 1 aromatic heterocycles. The van der Waals surface area contributed by atoms with Gasteiger partial charge in [0, 0.05) is 5.69 Å². The monoisotopic (exact) mass is 355 g/mol. The predicted octanol–water partition coefficient (Wildman–Crippen LogP) is 2.68. The molecule has 3 N–H and O–H groups in total. The predicted molar refractivity (Wildman–Crippen MR) is 83.8 cm³/mol. The van der Waals surface area contributed by atoms with E-state index in [1.807, 2.05) is 0 Å². The minimum Gasteiger partial charge on any atom is -0.398 e. The molecule has 1 heterocycles. The Hall–Kier alpha value is -1.60. The lowest BCUT2D eigenvalue weighted by Crippen LogP contribution is -2.16. The highest BCUT2D eigenvalue weighted by Gasteiger charge is 2.15. The third-order valence-corrected chi connectivity index (χ3v) is 4.38. The maximum atomic E-state index is 12.2. The second-order valence-electron chi connectivity index (χ2n) is 4.33. The zero-order chi connectivity index (χ0) is 14.8. The van der Waals surface area contributed by atoms with Gasteiger partial charge in [-0.15, -0.1) is 0 Å². The quantitative estimate of drug-likeness (QED) is 0.652. The lowest BCUT2D eigenvalue weighted by Gasteiger charge is -2.11. The van der Waals surface area contributed by atoms with Gasteiger partial charge in [0.25, 0.3) is 0 Å². The number of nitrogens with zero attached hydrogens (tertiary/aromatic N) is 1. The zero-order valence-corrected chi connectivity index (χ0v) is 13.2. The first-order valence-electron chi connectivity index (χ1n) is 5.84. The Bertz CT molecular complexity index is 732. The van der Waals surface area contributed by atoms with E-state index >= 15 is 0 Å². The van der Waals surface area contributed by atoms with Gasteiger partial charge >= 0.3 is 0 Å². The summed E-state index contributed by atoms with van der Waals surface area (Å²) in [5, 5.41) is 0. The number of hydrogen-bond acceptors (Lipinski definition) is 4. The summed E-state index contributed by atoms with van der Waals surface area (Å²) < 4.78 is 27.5. The van der Waals surface area contributed by atoms with Crippen molar-refractivity contribution >= 4 is 37.3 Å². The molecule has 0 aliphatic rings. The van der Waals surface area contributed by atoms with Crippen molar-refractivity contribution in [2.24, 2.45) is 0 Å². The van der Waals surface area contributed by atoms with E-state index in [2.05, 4.69) is 25.6 Å². The number of anilines is 2. The van der Waals surface area contributed by atoms with Crippen LogP contribution in [0.1, 0.15) is 11.3 Å². The van der Waals surface area contributed by atoms with E-state index in [9.17, 15) is 8.42 Å². The van der Waals surface area contributed by atoms with Crippen LogP contribution >= 0.6 is 15.9 Å². The first-order chi connectivity index (χ1) is 9.37. The largest absolute Gasteiger partial charge is 0.398 e. The number of para-hydroxylation sites is 1. The molecule has 0 fully saturated rings. The van der Waals surface area contributed by atoms with Crippen molar-refractivity contribution in [2.75, 3.05) is 10.5 Å². The summed E-state index contributed by atoms with van der Waals surface area (Å²) in [4.78, 5) is 4.15. The lowest BCUT2D eigenvalue weighted by molar-refractivity contribution is 0.600. The minimum absolute atomic E-state index is 0.171. The van der Waals surface area contributed by atoms with Gasteiger partial charge in [-0.2, -0.15) is 0 Å². The minimum atomic E-state index is -3.53. The molecule has 0 radical (unpaired) electrons. The second-order valence-corrected chi connectivity index (χ2v) is 6.86. The van der Waals surface area contributed by atoms with Crippen LogP contribution in [0.25, 0.3) is 0 Å². The van der Waals surface area contributed by atoms with Gasteiger partial charge in [-0.1, -0.05) is 18.2 Å². The van der Waals surface area contributed by atoms with E-state index in [0.717, 1.165) is 0 Å². The number of benzene rings is 1. The fourth-order valence-electron chi connectivity index (χ4n) is 1.71. The molecule has 0 unspecified atom stereocenters. The van der Waals surface area contributed by atoms with Crippen LogP contribution in [0.4, 0.5) is 11.4 Å². The van der Waals surface area contributed by atoms with Crippen LogP contribution in [0.3, 0.4) is 0 Å². The standard InChI is InChI=1S/C13H14BrN3O2S/c1-9-12(6-7-13(14)16-9)17-20(18,19)8-10-4-2-3-5-11(10)15/h2-7,17H,8,15H2,1H3. The van der Waals surface area contributed by atoms with Crippen molar-refractivity contribution in [3.63, 3.8) is 0 Å². The molecular weight excluding hydrogens is 342 g/mol. The molecule has 0 atom stereocenters. The van der Waals surface area contributed by atoms with Crippen molar-refractivity contribution < 1.29 is 8.42 Å². The molecule has 0 spiro atoms. The highest BCUT2D eigenvalue weighted by molar-refractivity contribution is 9.10. The average Bonchev–Trinajstić information content (AvgIpc) is 2.35. The number of rotatable bonds is 4. The molecule has 0 saturated carbocycles. The summed E-state index contributed by atoms with van der Waals surface area (Å²) in [5.41, 5.74) is 7.86.